The molecule has 2 aromatic rings. The average molecular weight is 392 g/mol. The topological polar surface area (TPSA) is 38.3 Å². The summed E-state index contributed by atoms with van der Waals surface area (Å²) in [7, 11) is 0. The highest BCUT2D eigenvalue weighted by atomic mass is 79.9. The van der Waals surface area contributed by atoms with Gasteiger partial charge in [0.05, 0.1) is 0 Å². The number of halogens is 5. The Balaban J connectivity index is 2.06. The Morgan fingerprint density at radius 3 is 2.39 bits per heavy atom. The quantitative estimate of drug-likeness (QED) is 0.783. The van der Waals surface area contributed by atoms with Crippen molar-refractivity contribution in [1.82, 2.24) is 5.32 Å². The number of hydrogen-bond donors (Lipinski definition) is 1. The molecule has 0 aliphatic rings. The fraction of sp³-hybridized carbons (Fsp3) is 0.133. The van der Waals surface area contributed by atoms with Gasteiger partial charge in [0.2, 0.25) is 0 Å². The molecule has 0 unspecified atom stereocenters. The minimum absolute atomic E-state index is 0.114. The van der Waals surface area contributed by atoms with Crippen LogP contribution in [-0.4, -0.2) is 12.3 Å². The van der Waals surface area contributed by atoms with Crippen LogP contribution < -0.4 is 10.1 Å². The summed E-state index contributed by atoms with van der Waals surface area (Å²) in [4.78, 5) is 11.9. The molecule has 0 spiro atoms. The van der Waals surface area contributed by atoms with Crippen LogP contribution in [0.15, 0.2) is 46.9 Å². The SMILES string of the molecule is O=C(NCc1cc(OC(F)(F)F)ccc1F)c1ccc(Br)cc1. The number of hydrogen-bond acceptors (Lipinski definition) is 2. The van der Waals surface area contributed by atoms with Gasteiger partial charge in [-0.2, -0.15) is 0 Å². The standard InChI is InChI=1S/C15H10BrF4NO2/c16-11-3-1-9(2-4-11)14(22)21-8-10-7-12(5-6-13(10)17)23-15(18,19)20/h1-7H,8H2,(H,21,22). The van der Waals surface area contributed by atoms with Gasteiger partial charge in [-0.3, -0.25) is 4.79 Å². The minimum atomic E-state index is -4.87. The lowest BCUT2D eigenvalue weighted by molar-refractivity contribution is -0.274. The summed E-state index contributed by atoms with van der Waals surface area (Å²) in [6.45, 7) is -0.268. The predicted octanol–water partition coefficient (Wildman–Crippen LogP) is 4.42. The van der Waals surface area contributed by atoms with Crippen molar-refractivity contribution in [2.75, 3.05) is 0 Å². The Hall–Kier alpha value is -2.09. The zero-order chi connectivity index (χ0) is 17.0. The lowest BCUT2D eigenvalue weighted by atomic mass is 10.1. The molecule has 0 saturated heterocycles. The van der Waals surface area contributed by atoms with Gasteiger partial charge in [0, 0.05) is 22.1 Å². The maximum absolute atomic E-state index is 13.6. The number of carbonyl (C=O) groups is 1. The highest BCUT2D eigenvalue weighted by Gasteiger charge is 2.31. The molecule has 0 fully saturated rings. The molecule has 1 amide bonds. The van der Waals surface area contributed by atoms with E-state index in [0.717, 1.165) is 22.7 Å². The number of rotatable bonds is 4. The van der Waals surface area contributed by atoms with Gasteiger partial charge in [-0.05, 0) is 42.5 Å². The molecular weight excluding hydrogens is 382 g/mol. The van der Waals surface area contributed by atoms with E-state index in [-0.39, 0.29) is 12.1 Å². The van der Waals surface area contributed by atoms with Crippen LogP contribution >= 0.6 is 15.9 Å². The summed E-state index contributed by atoms with van der Waals surface area (Å²) < 4.78 is 54.6. The second kappa shape index (κ2) is 6.99. The maximum Gasteiger partial charge on any atom is 0.573 e. The lowest BCUT2D eigenvalue weighted by Crippen LogP contribution is -2.23. The average Bonchev–Trinajstić information content (AvgIpc) is 2.46. The van der Waals surface area contributed by atoms with Crippen molar-refractivity contribution in [3.63, 3.8) is 0 Å². The van der Waals surface area contributed by atoms with E-state index in [0.29, 0.717) is 5.56 Å². The fourth-order valence-electron chi connectivity index (χ4n) is 1.76. The maximum atomic E-state index is 13.6. The molecule has 0 aliphatic carbocycles. The number of carbonyl (C=O) groups excluding carboxylic acids is 1. The first-order valence-electron chi connectivity index (χ1n) is 6.32. The van der Waals surface area contributed by atoms with Crippen molar-refractivity contribution in [2.24, 2.45) is 0 Å². The monoisotopic (exact) mass is 391 g/mol. The highest BCUT2D eigenvalue weighted by Crippen LogP contribution is 2.24. The molecule has 3 nitrogen and oxygen atoms in total. The third kappa shape index (κ3) is 5.24. The lowest BCUT2D eigenvalue weighted by Gasteiger charge is -2.11. The van der Waals surface area contributed by atoms with Gasteiger partial charge in [0.15, 0.2) is 0 Å². The van der Waals surface area contributed by atoms with E-state index in [1.165, 1.54) is 0 Å². The van der Waals surface area contributed by atoms with Crippen molar-refractivity contribution in [3.8, 4) is 5.75 Å². The van der Waals surface area contributed by atoms with Crippen LogP contribution in [0.2, 0.25) is 0 Å². The predicted molar refractivity (Wildman–Crippen MR) is 78.4 cm³/mol. The van der Waals surface area contributed by atoms with E-state index in [9.17, 15) is 22.4 Å². The second-order valence-electron chi connectivity index (χ2n) is 4.49. The third-order valence-electron chi connectivity index (χ3n) is 2.80. The van der Waals surface area contributed by atoms with Gasteiger partial charge in [0.1, 0.15) is 11.6 Å². The summed E-state index contributed by atoms with van der Waals surface area (Å²) in [6.07, 6.45) is -4.87. The van der Waals surface area contributed by atoms with Crippen molar-refractivity contribution in [3.05, 3.63) is 63.9 Å². The number of benzene rings is 2. The van der Waals surface area contributed by atoms with E-state index in [2.05, 4.69) is 26.0 Å². The molecule has 2 rings (SSSR count). The van der Waals surface area contributed by atoms with E-state index >= 15 is 0 Å². The first kappa shape index (κ1) is 17.3. The first-order valence-corrected chi connectivity index (χ1v) is 7.12. The summed E-state index contributed by atoms with van der Waals surface area (Å²) in [5, 5.41) is 2.43. The number of nitrogens with one attached hydrogen (secondary N) is 1. The number of amides is 1. The number of ether oxygens (including phenoxy) is 1. The van der Waals surface area contributed by atoms with Crippen molar-refractivity contribution in [1.29, 1.82) is 0 Å². The second-order valence-corrected chi connectivity index (χ2v) is 5.41. The Kier molecular flexibility index (Phi) is 5.25. The van der Waals surface area contributed by atoms with Gasteiger partial charge < -0.3 is 10.1 Å². The largest absolute Gasteiger partial charge is 0.573 e. The van der Waals surface area contributed by atoms with E-state index in [1.807, 2.05) is 0 Å². The fourth-order valence-corrected chi connectivity index (χ4v) is 2.03. The molecular formula is C15H10BrF4NO2. The van der Waals surface area contributed by atoms with Gasteiger partial charge in [-0.1, -0.05) is 15.9 Å². The Labute approximate surface area is 137 Å². The van der Waals surface area contributed by atoms with Gasteiger partial charge in [-0.15, -0.1) is 13.2 Å². The summed E-state index contributed by atoms with van der Waals surface area (Å²) in [5.41, 5.74) is 0.230. The van der Waals surface area contributed by atoms with Crippen LogP contribution in [0, 0.1) is 5.82 Å². The van der Waals surface area contributed by atoms with Gasteiger partial charge in [0.25, 0.3) is 5.91 Å². The molecule has 8 heteroatoms. The third-order valence-corrected chi connectivity index (χ3v) is 3.33. The van der Waals surface area contributed by atoms with E-state index in [1.54, 1.807) is 24.3 Å². The molecule has 23 heavy (non-hydrogen) atoms. The smallest absolute Gasteiger partial charge is 0.406 e. The Bertz CT molecular complexity index is 702. The molecule has 0 heterocycles. The van der Waals surface area contributed by atoms with Crippen molar-refractivity contribution >= 4 is 21.8 Å². The van der Waals surface area contributed by atoms with Crippen LogP contribution in [0.4, 0.5) is 17.6 Å². The molecule has 0 aromatic heterocycles. The molecule has 0 atom stereocenters. The molecule has 122 valence electrons. The summed E-state index contributed by atoms with van der Waals surface area (Å²) in [6, 6.07) is 9.04. The van der Waals surface area contributed by atoms with Crippen molar-refractivity contribution < 1.29 is 27.1 Å². The zero-order valence-corrected chi connectivity index (χ0v) is 13.0. The molecule has 2 aromatic carbocycles. The van der Waals surface area contributed by atoms with Crippen LogP contribution in [0.25, 0.3) is 0 Å². The summed E-state index contributed by atoms with van der Waals surface area (Å²) in [5.74, 6) is -1.76. The molecule has 0 radical (unpaired) electrons. The van der Waals surface area contributed by atoms with Crippen LogP contribution in [0.5, 0.6) is 5.75 Å². The normalized spacial score (nSPS) is 11.2. The summed E-state index contributed by atoms with van der Waals surface area (Å²) >= 11 is 3.22. The molecule has 0 bridgehead atoms. The van der Waals surface area contributed by atoms with Crippen molar-refractivity contribution in [2.45, 2.75) is 12.9 Å². The first-order chi connectivity index (χ1) is 10.7. The van der Waals surface area contributed by atoms with E-state index in [4.69, 9.17) is 0 Å². The van der Waals surface area contributed by atoms with Gasteiger partial charge in [-0.25, -0.2) is 4.39 Å². The van der Waals surface area contributed by atoms with Gasteiger partial charge >= 0.3 is 6.36 Å². The number of alkyl halides is 3. The van der Waals surface area contributed by atoms with E-state index < -0.39 is 23.8 Å². The molecule has 0 aliphatic heterocycles. The van der Waals surface area contributed by atoms with Crippen LogP contribution in [-0.2, 0) is 6.54 Å². The highest BCUT2D eigenvalue weighted by molar-refractivity contribution is 9.10. The Morgan fingerprint density at radius 1 is 1.13 bits per heavy atom. The Morgan fingerprint density at radius 2 is 1.78 bits per heavy atom. The molecule has 0 saturated carbocycles. The zero-order valence-electron chi connectivity index (χ0n) is 11.5. The van der Waals surface area contributed by atoms with Crippen LogP contribution in [0.3, 0.4) is 0 Å². The molecule has 1 N–H and O–H groups in total. The van der Waals surface area contributed by atoms with Crippen LogP contribution in [0.1, 0.15) is 15.9 Å². The minimum Gasteiger partial charge on any atom is -0.406 e.